The maximum atomic E-state index is 12.7. The second kappa shape index (κ2) is 6.67. The van der Waals surface area contributed by atoms with E-state index in [1.54, 1.807) is 6.92 Å². The number of hydrogen-bond acceptors (Lipinski definition) is 9. The van der Waals surface area contributed by atoms with Gasteiger partial charge in [0.2, 0.25) is 0 Å². The van der Waals surface area contributed by atoms with E-state index in [1.807, 2.05) is 6.92 Å². The topological polar surface area (TPSA) is 154 Å². The zero-order valence-electron chi connectivity index (χ0n) is 21.6. The van der Waals surface area contributed by atoms with Crippen molar-refractivity contribution in [2.75, 3.05) is 13.1 Å². The summed E-state index contributed by atoms with van der Waals surface area (Å²) in [6.45, 7) is 6.70. The molecule has 0 amide bonds. The minimum atomic E-state index is -2.02. The number of rotatable bonds is 0. The molecule has 9 nitrogen and oxygen atoms in total. The number of nitrogens with zero attached hydrogens (tertiary/aromatic N) is 1. The Kier molecular flexibility index (Phi) is 4.57. The largest absolute Gasteiger partial charge is 0.390 e. The van der Waals surface area contributed by atoms with Gasteiger partial charge in [-0.2, -0.15) is 0 Å². The van der Waals surface area contributed by atoms with Gasteiger partial charge in [0.15, 0.2) is 5.79 Å². The summed E-state index contributed by atoms with van der Waals surface area (Å²) < 4.78 is 6.52. The molecule has 9 heteroatoms. The molecule has 7 fully saturated rings. The summed E-state index contributed by atoms with van der Waals surface area (Å²) >= 11 is 0. The molecule has 0 unspecified atom stereocenters. The lowest BCUT2D eigenvalue weighted by Crippen LogP contribution is -2.85. The van der Waals surface area contributed by atoms with Crippen LogP contribution in [-0.4, -0.2) is 106 Å². The van der Waals surface area contributed by atoms with Crippen LogP contribution >= 0.6 is 0 Å². The molecule has 3 heterocycles. The highest BCUT2D eigenvalue weighted by Crippen LogP contribution is 2.78. The van der Waals surface area contributed by atoms with Gasteiger partial charge in [0.05, 0.1) is 11.7 Å². The van der Waals surface area contributed by atoms with E-state index in [9.17, 15) is 35.7 Å². The Hall–Kier alpha value is -0.360. The summed E-state index contributed by atoms with van der Waals surface area (Å²) in [6, 6.07) is -0.360. The number of fused-ring (bicyclic) bond motifs is 5. The van der Waals surface area contributed by atoms with Gasteiger partial charge in [-0.15, -0.1) is 0 Å². The number of hydrogen-bond donors (Lipinski definition) is 7. The molecule has 3 aliphatic heterocycles. The molecule has 7 N–H and O–H groups in total. The Morgan fingerprint density at radius 2 is 1.47 bits per heavy atom. The fraction of sp³-hybridized carbons (Fsp3) is 1.00. The van der Waals surface area contributed by atoms with Crippen LogP contribution in [0.1, 0.15) is 72.1 Å². The van der Waals surface area contributed by atoms with Crippen molar-refractivity contribution < 1.29 is 40.5 Å². The van der Waals surface area contributed by atoms with Crippen LogP contribution in [0.2, 0.25) is 0 Å². The molecule has 4 bridgehead atoms. The summed E-state index contributed by atoms with van der Waals surface area (Å²) in [5, 5.41) is 83.2. The Labute approximate surface area is 212 Å². The van der Waals surface area contributed by atoms with Crippen LogP contribution in [0.3, 0.4) is 0 Å². The molecule has 3 saturated heterocycles. The minimum absolute atomic E-state index is 0.0208. The standard InChI is InChI=1S/C27H43NO8/c1-14-4-7-18-22(3,31)26(34)17(12-28(18)11-14)24(33)13-25-16(23(24,32)10-20(26)30)6-5-15-21(25,2)9-8-19(29)27(15,35)36-25/h14-20,29-35H,4-13H2,1-3H3/t14-,15-,16-,17-,18-,19-,20-,21-,22+,23+,24+,25-,26-,27+/m0/s1. The first-order valence-corrected chi connectivity index (χ1v) is 14.0. The van der Waals surface area contributed by atoms with Crippen LogP contribution in [0.25, 0.3) is 0 Å². The lowest BCUT2D eigenvalue weighted by Gasteiger charge is -2.68. The molecule has 0 aromatic rings. The Balaban J connectivity index is 1.39. The third kappa shape index (κ3) is 2.27. The van der Waals surface area contributed by atoms with Gasteiger partial charge in [-0.3, -0.25) is 4.90 Å². The lowest BCUT2D eigenvalue weighted by molar-refractivity contribution is -0.354. The quantitative estimate of drug-likeness (QED) is 0.228. The molecule has 4 aliphatic carbocycles. The number of aliphatic hydroxyl groups is 7. The maximum Gasteiger partial charge on any atom is 0.196 e. The smallest absolute Gasteiger partial charge is 0.196 e. The fourth-order valence-corrected chi connectivity index (χ4v) is 11.3. The summed E-state index contributed by atoms with van der Waals surface area (Å²) in [7, 11) is 0. The van der Waals surface area contributed by atoms with Gasteiger partial charge in [-0.05, 0) is 51.4 Å². The number of ether oxygens (including phenoxy) is 1. The van der Waals surface area contributed by atoms with E-state index < -0.39 is 63.3 Å². The zero-order valence-corrected chi connectivity index (χ0v) is 21.6. The van der Waals surface area contributed by atoms with E-state index >= 15 is 0 Å². The van der Waals surface area contributed by atoms with Crippen molar-refractivity contribution in [2.45, 2.75) is 124 Å². The van der Waals surface area contributed by atoms with Gasteiger partial charge in [0.25, 0.3) is 0 Å². The van der Waals surface area contributed by atoms with Gasteiger partial charge < -0.3 is 40.5 Å². The van der Waals surface area contributed by atoms with Crippen molar-refractivity contribution in [3.8, 4) is 0 Å². The first-order chi connectivity index (χ1) is 16.6. The number of piperidine rings is 2. The third-order valence-electron chi connectivity index (χ3n) is 13.1. The van der Waals surface area contributed by atoms with Crippen molar-refractivity contribution in [1.29, 1.82) is 0 Å². The summed E-state index contributed by atoms with van der Waals surface area (Å²) in [5.74, 6) is -3.30. The van der Waals surface area contributed by atoms with Gasteiger partial charge in [-0.25, -0.2) is 0 Å². The average molecular weight is 510 g/mol. The summed E-state index contributed by atoms with van der Waals surface area (Å²) in [6.07, 6.45) is 0.752. The molecular weight excluding hydrogens is 466 g/mol. The predicted octanol–water partition coefficient (Wildman–Crippen LogP) is -0.526. The van der Waals surface area contributed by atoms with E-state index in [1.165, 1.54) is 0 Å². The second-order valence-corrected chi connectivity index (χ2v) is 14.3. The van der Waals surface area contributed by atoms with Crippen molar-refractivity contribution in [3.05, 3.63) is 0 Å². The molecule has 4 saturated carbocycles. The maximum absolute atomic E-state index is 12.7. The highest BCUT2D eigenvalue weighted by Gasteiger charge is 2.88. The molecule has 0 aromatic heterocycles. The van der Waals surface area contributed by atoms with E-state index in [2.05, 4.69) is 11.8 Å². The third-order valence-corrected chi connectivity index (χ3v) is 13.1. The Bertz CT molecular complexity index is 995. The van der Waals surface area contributed by atoms with Crippen LogP contribution in [0.5, 0.6) is 0 Å². The average Bonchev–Trinajstić information content (AvgIpc) is 2.97. The molecule has 7 aliphatic rings. The van der Waals surface area contributed by atoms with Crippen LogP contribution in [0, 0.1) is 29.1 Å². The summed E-state index contributed by atoms with van der Waals surface area (Å²) in [4.78, 5) is 2.12. The zero-order chi connectivity index (χ0) is 25.9. The molecular formula is C27H43NO8. The highest BCUT2D eigenvalue weighted by atomic mass is 16.7. The molecule has 0 radical (unpaired) electrons. The van der Waals surface area contributed by atoms with E-state index in [0.29, 0.717) is 44.6 Å². The highest BCUT2D eigenvalue weighted by molar-refractivity contribution is 5.37. The normalized spacial score (nSPS) is 68.0. The van der Waals surface area contributed by atoms with Gasteiger partial charge in [-0.1, -0.05) is 13.8 Å². The first-order valence-electron chi connectivity index (χ1n) is 14.0. The molecule has 1 spiro atoms. The molecule has 36 heavy (non-hydrogen) atoms. The van der Waals surface area contributed by atoms with E-state index in [4.69, 9.17) is 4.74 Å². The monoisotopic (exact) mass is 509 g/mol. The van der Waals surface area contributed by atoms with Gasteiger partial charge in [0.1, 0.15) is 28.5 Å². The van der Waals surface area contributed by atoms with Gasteiger partial charge in [0, 0.05) is 55.1 Å². The van der Waals surface area contributed by atoms with Crippen molar-refractivity contribution in [1.82, 2.24) is 4.90 Å². The molecule has 0 aromatic carbocycles. The SMILES string of the molecule is C[C@H]1CC[C@@H]2N(C1)C[C@@H]1[C@](O)([C@@H](O)C[C@@]3(O)[C@@H]4CC[C@@H]5[C@@]6(O)O[C@]4(C[C@@]13O)[C@@]5(C)CC[C@@H]6O)[C@]2(C)O. The van der Waals surface area contributed by atoms with Crippen LogP contribution in [0.4, 0.5) is 0 Å². The van der Waals surface area contributed by atoms with Crippen molar-refractivity contribution in [2.24, 2.45) is 29.1 Å². The van der Waals surface area contributed by atoms with E-state index in [0.717, 1.165) is 6.42 Å². The van der Waals surface area contributed by atoms with Crippen molar-refractivity contribution >= 4 is 0 Å². The van der Waals surface area contributed by atoms with Crippen LogP contribution in [-0.2, 0) is 4.74 Å². The Morgan fingerprint density at radius 1 is 0.778 bits per heavy atom. The minimum Gasteiger partial charge on any atom is -0.390 e. The number of aliphatic hydroxyl groups excluding tert-OH is 2. The van der Waals surface area contributed by atoms with Crippen LogP contribution in [0.15, 0.2) is 0 Å². The fourth-order valence-electron chi connectivity index (χ4n) is 11.3. The molecule has 14 atom stereocenters. The lowest BCUT2D eigenvalue weighted by atomic mass is 9.49. The molecule has 7 rings (SSSR count). The van der Waals surface area contributed by atoms with Crippen LogP contribution < -0.4 is 0 Å². The second-order valence-electron chi connectivity index (χ2n) is 14.3. The first kappa shape index (κ1) is 24.7. The molecule has 204 valence electrons. The van der Waals surface area contributed by atoms with E-state index in [-0.39, 0.29) is 31.3 Å². The Morgan fingerprint density at radius 3 is 2.19 bits per heavy atom. The predicted molar refractivity (Wildman–Crippen MR) is 126 cm³/mol. The van der Waals surface area contributed by atoms with Crippen molar-refractivity contribution in [3.63, 3.8) is 0 Å². The summed E-state index contributed by atoms with van der Waals surface area (Å²) in [5.41, 5.74) is -9.07. The van der Waals surface area contributed by atoms with Gasteiger partial charge >= 0.3 is 0 Å².